The molecule has 3 aromatic carbocycles. The fraction of sp³-hybridized carbons (Fsp3) is 0.294. The highest BCUT2D eigenvalue weighted by Crippen LogP contribution is 2.41. The molecule has 0 saturated carbocycles. The summed E-state index contributed by atoms with van der Waals surface area (Å²) in [4.78, 5) is 0. The average molecular weight is 473 g/mol. The smallest absolute Gasteiger partial charge is 0.126 e. The molecule has 2 aromatic heterocycles. The van der Waals surface area contributed by atoms with Gasteiger partial charge in [0.05, 0.1) is 5.52 Å². The monoisotopic (exact) mass is 472 g/mol. The number of para-hydroxylation sites is 1. The van der Waals surface area contributed by atoms with E-state index in [4.69, 9.17) is 0 Å². The van der Waals surface area contributed by atoms with E-state index in [1.54, 1.807) is 0 Å². The van der Waals surface area contributed by atoms with Gasteiger partial charge >= 0.3 is 0 Å². The van der Waals surface area contributed by atoms with Crippen LogP contribution in [0.3, 0.4) is 0 Å². The molecule has 182 valence electrons. The minimum atomic E-state index is 1.08. The van der Waals surface area contributed by atoms with Gasteiger partial charge in [0.15, 0.2) is 0 Å². The van der Waals surface area contributed by atoms with Crippen molar-refractivity contribution in [1.82, 2.24) is 9.13 Å². The molecule has 36 heavy (non-hydrogen) atoms. The van der Waals surface area contributed by atoms with Crippen LogP contribution in [0.4, 0.5) is 0 Å². The normalized spacial score (nSPS) is 13.0. The van der Waals surface area contributed by atoms with Crippen molar-refractivity contribution >= 4 is 28.0 Å². The Morgan fingerprint density at radius 3 is 2.31 bits per heavy atom. The summed E-state index contributed by atoms with van der Waals surface area (Å²) >= 11 is 0. The van der Waals surface area contributed by atoms with Crippen molar-refractivity contribution in [1.29, 1.82) is 0 Å². The number of allylic oxidation sites excluding steroid dienone is 1. The van der Waals surface area contributed by atoms with Gasteiger partial charge in [-0.15, -0.1) is 0 Å². The molecule has 5 aromatic rings. The Balaban J connectivity index is 1.55. The first-order chi connectivity index (χ1) is 17.9. The molecule has 2 nitrogen and oxygen atoms in total. The SMILES string of the molecule is CCCCCCCCn1c2c(c3c4ccc(-c5ccccc5)cc4n(-c4ccccc4)c31)CCC=C2. The fourth-order valence-corrected chi connectivity index (χ4v) is 6.02. The lowest BCUT2D eigenvalue weighted by Crippen LogP contribution is -2.07. The molecule has 0 saturated heterocycles. The van der Waals surface area contributed by atoms with E-state index >= 15 is 0 Å². The zero-order chi connectivity index (χ0) is 24.3. The van der Waals surface area contributed by atoms with Crippen LogP contribution in [0.25, 0.3) is 44.8 Å². The van der Waals surface area contributed by atoms with Gasteiger partial charge in [-0.2, -0.15) is 0 Å². The Morgan fingerprint density at radius 2 is 1.50 bits per heavy atom. The maximum Gasteiger partial charge on any atom is 0.126 e. The van der Waals surface area contributed by atoms with E-state index in [2.05, 4.69) is 107 Å². The van der Waals surface area contributed by atoms with Gasteiger partial charge in [-0.1, -0.05) is 106 Å². The third kappa shape index (κ3) is 4.09. The number of nitrogens with zero attached hydrogens (tertiary/aromatic N) is 2. The number of aryl methyl sites for hydroxylation is 2. The van der Waals surface area contributed by atoms with Gasteiger partial charge in [-0.05, 0) is 60.2 Å². The van der Waals surface area contributed by atoms with E-state index in [0.29, 0.717) is 0 Å². The van der Waals surface area contributed by atoms with Crippen LogP contribution in [-0.2, 0) is 13.0 Å². The molecule has 0 bridgehead atoms. The van der Waals surface area contributed by atoms with Crippen molar-refractivity contribution in [2.24, 2.45) is 0 Å². The molecular formula is C34H36N2. The first kappa shape index (κ1) is 22.9. The third-order valence-electron chi connectivity index (χ3n) is 7.79. The molecule has 1 aliphatic carbocycles. The topological polar surface area (TPSA) is 9.86 Å². The van der Waals surface area contributed by atoms with Gasteiger partial charge in [0.2, 0.25) is 0 Å². The van der Waals surface area contributed by atoms with Gasteiger partial charge in [0, 0.05) is 28.7 Å². The predicted molar refractivity (Wildman–Crippen MR) is 155 cm³/mol. The van der Waals surface area contributed by atoms with E-state index in [9.17, 15) is 0 Å². The Labute approximate surface area is 214 Å². The average Bonchev–Trinajstić information content (AvgIpc) is 3.44. The molecule has 6 rings (SSSR count). The largest absolute Gasteiger partial charge is 0.327 e. The molecule has 0 unspecified atom stereocenters. The van der Waals surface area contributed by atoms with Crippen LogP contribution in [0.1, 0.15) is 63.1 Å². The summed E-state index contributed by atoms with van der Waals surface area (Å²) in [6.45, 7) is 3.37. The Kier molecular flexibility index (Phi) is 6.51. The van der Waals surface area contributed by atoms with Crippen molar-refractivity contribution in [3.63, 3.8) is 0 Å². The molecule has 1 aliphatic rings. The summed E-state index contributed by atoms with van der Waals surface area (Å²) < 4.78 is 5.16. The van der Waals surface area contributed by atoms with Crippen molar-refractivity contribution in [3.8, 4) is 16.8 Å². The summed E-state index contributed by atoms with van der Waals surface area (Å²) in [5.74, 6) is 0. The van der Waals surface area contributed by atoms with Gasteiger partial charge in [-0.25, -0.2) is 0 Å². The minimum Gasteiger partial charge on any atom is -0.327 e. The van der Waals surface area contributed by atoms with Crippen molar-refractivity contribution in [3.05, 3.63) is 96.2 Å². The fourth-order valence-electron chi connectivity index (χ4n) is 6.02. The second-order valence-electron chi connectivity index (χ2n) is 10.2. The van der Waals surface area contributed by atoms with Crippen LogP contribution in [-0.4, -0.2) is 9.13 Å². The van der Waals surface area contributed by atoms with Crippen molar-refractivity contribution < 1.29 is 0 Å². The summed E-state index contributed by atoms with van der Waals surface area (Å²) in [6.07, 6.45) is 14.9. The lowest BCUT2D eigenvalue weighted by molar-refractivity contribution is 0.561. The van der Waals surface area contributed by atoms with Gasteiger partial charge in [0.25, 0.3) is 0 Å². The van der Waals surface area contributed by atoms with E-state index in [0.717, 1.165) is 19.4 Å². The predicted octanol–water partition coefficient (Wildman–Crippen LogP) is 9.57. The number of benzene rings is 3. The number of hydrogen-bond acceptors (Lipinski definition) is 0. The maximum atomic E-state index is 2.63. The summed E-state index contributed by atoms with van der Waals surface area (Å²) in [5, 5.41) is 2.83. The molecule has 0 fully saturated rings. The highest BCUT2D eigenvalue weighted by atomic mass is 15.1. The summed E-state index contributed by atoms with van der Waals surface area (Å²) in [6, 6.07) is 28.8. The van der Waals surface area contributed by atoms with Crippen LogP contribution >= 0.6 is 0 Å². The number of fused-ring (bicyclic) bond motifs is 5. The van der Waals surface area contributed by atoms with Crippen molar-refractivity contribution in [2.45, 2.75) is 64.8 Å². The Morgan fingerprint density at radius 1 is 0.750 bits per heavy atom. The molecule has 2 heteroatoms. The molecule has 0 atom stereocenters. The van der Waals surface area contributed by atoms with E-state index in [-0.39, 0.29) is 0 Å². The Bertz CT molecular complexity index is 1500. The molecule has 2 heterocycles. The Hall–Kier alpha value is -3.52. The van der Waals surface area contributed by atoms with Crippen molar-refractivity contribution in [2.75, 3.05) is 0 Å². The number of unbranched alkanes of at least 4 members (excludes halogenated alkanes) is 5. The molecule has 0 aliphatic heterocycles. The highest BCUT2D eigenvalue weighted by molar-refractivity contribution is 6.12. The number of hydrogen-bond donors (Lipinski definition) is 0. The summed E-state index contributed by atoms with van der Waals surface area (Å²) in [7, 11) is 0. The molecular weight excluding hydrogens is 436 g/mol. The quantitative estimate of drug-likeness (QED) is 0.189. The third-order valence-corrected chi connectivity index (χ3v) is 7.79. The second kappa shape index (κ2) is 10.2. The van der Waals surface area contributed by atoms with Crippen LogP contribution in [0.5, 0.6) is 0 Å². The lowest BCUT2D eigenvalue weighted by atomic mass is 9.99. The molecule has 0 spiro atoms. The van der Waals surface area contributed by atoms with E-state index < -0.39 is 0 Å². The van der Waals surface area contributed by atoms with E-state index in [1.165, 1.54) is 88.5 Å². The van der Waals surface area contributed by atoms with Crippen LogP contribution in [0.15, 0.2) is 84.9 Å². The zero-order valence-corrected chi connectivity index (χ0v) is 21.4. The first-order valence-electron chi connectivity index (χ1n) is 13.8. The highest BCUT2D eigenvalue weighted by Gasteiger charge is 2.25. The first-order valence-corrected chi connectivity index (χ1v) is 13.8. The number of rotatable bonds is 9. The lowest BCUT2D eigenvalue weighted by Gasteiger charge is -2.15. The summed E-state index contributed by atoms with van der Waals surface area (Å²) in [5.41, 5.74) is 9.42. The maximum absolute atomic E-state index is 2.63. The van der Waals surface area contributed by atoms with Gasteiger partial charge < -0.3 is 4.57 Å². The molecule has 0 N–H and O–H groups in total. The molecule has 0 radical (unpaired) electrons. The zero-order valence-electron chi connectivity index (χ0n) is 21.4. The van der Waals surface area contributed by atoms with E-state index in [1.807, 2.05) is 0 Å². The minimum absolute atomic E-state index is 1.08. The second-order valence-corrected chi connectivity index (χ2v) is 10.2. The van der Waals surface area contributed by atoms with Gasteiger partial charge in [0.1, 0.15) is 5.65 Å². The van der Waals surface area contributed by atoms with Crippen LogP contribution < -0.4 is 0 Å². The van der Waals surface area contributed by atoms with Crippen LogP contribution in [0, 0.1) is 0 Å². The molecule has 0 amide bonds. The van der Waals surface area contributed by atoms with Gasteiger partial charge in [-0.3, -0.25) is 4.57 Å². The number of aromatic nitrogens is 2. The standard InChI is InChI=1S/C34H36N2/c1-2-3-4-5-6-15-24-35-31-21-14-13-20-29(31)33-30-23-22-27(26-16-9-7-10-17-26)25-32(30)36(34(33)35)28-18-11-8-12-19-28/h7-12,14,16-19,21-23,25H,2-6,13,15,20,24H2,1H3. The van der Waals surface area contributed by atoms with Crippen LogP contribution in [0.2, 0.25) is 0 Å².